The van der Waals surface area contributed by atoms with E-state index in [1.807, 2.05) is 61.5 Å². The molecule has 2 heteroatoms. The van der Waals surface area contributed by atoms with Crippen molar-refractivity contribution in [3.05, 3.63) is 77.5 Å². The molecule has 0 unspecified atom stereocenters. The minimum atomic E-state index is 0.159. The normalized spacial score (nSPS) is 10.7. The van der Waals surface area contributed by atoms with Gasteiger partial charge in [0.2, 0.25) is 0 Å². The fraction of sp³-hybridized carbons (Fsp3) is 0.111. The third-order valence-corrected chi connectivity index (χ3v) is 3.48. The lowest BCUT2D eigenvalue weighted by Gasteiger charge is -2.05. The summed E-state index contributed by atoms with van der Waals surface area (Å²) in [5.74, 6) is 0.159. The van der Waals surface area contributed by atoms with E-state index in [2.05, 4.69) is 4.98 Å². The molecule has 1 heterocycles. The highest BCUT2D eigenvalue weighted by atomic mass is 16.1. The standard InChI is InChI=1S/C18H15NO/c1-13-5-2-3-7-16(13)18(20)12-14-8-9-17-15(11-14)6-4-10-19-17/h2-11H,12H2,1H3. The number of pyridine rings is 1. The molecule has 2 nitrogen and oxygen atoms in total. The number of carbonyl (C=O) groups excluding carboxylic acids is 1. The number of ketones is 1. The Bertz CT molecular complexity index is 777. The van der Waals surface area contributed by atoms with Crippen molar-refractivity contribution in [3.8, 4) is 0 Å². The van der Waals surface area contributed by atoms with E-state index in [0.29, 0.717) is 6.42 Å². The van der Waals surface area contributed by atoms with Crippen LogP contribution in [0.25, 0.3) is 10.9 Å². The van der Waals surface area contributed by atoms with E-state index in [4.69, 9.17) is 0 Å². The number of hydrogen-bond acceptors (Lipinski definition) is 2. The van der Waals surface area contributed by atoms with Crippen LogP contribution in [0.5, 0.6) is 0 Å². The number of fused-ring (bicyclic) bond motifs is 1. The van der Waals surface area contributed by atoms with Crippen molar-refractivity contribution in [2.24, 2.45) is 0 Å². The monoisotopic (exact) mass is 261 g/mol. The van der Waals surface area contributed by atoms with Crippen molar-refractivity contribution in [2.45, 2.75) is 13.3 Å². The molecule has 1 aromatic heterocycles. The van der Waals surface area contributed by atoms with E-state index >= 15 is 0 Å². The molecule has 0 amide bonds. The van der Waals surface area contributed by atoms with Crippen LogP contribution in [0.2, 0.25) is 0 Å². The highest BCUT2D eigenvalue weighted by Gasteiger charge is 2.09. The summed E-state index contributed by atoms with van der Waals surface area (Å²) in [6.45, 7) is 1.97. The van der Waals surface area contributed by atoms with Gasteiger partial charge in [0.1, 0.15) is 0 Å². The van der Waals surface area contributed by atoms with Crippen LogP contribution in [0, 0.1) is 6.92 Å². The van der Waals surface area contributed by atoms with Gasteiger partial charge in [-0.05, 0) is 36.2 Å². The molecule has 0 N–H and O–H groups in total. The van der Waals surface area contributed by atoms with Crippen LogP contribution >= 0.6 is 0 Å². The fourth-order valence-corrected chi connectivity index (χ4v) is 2.40. The first kappa shape index (κ1) is 12.5. The SMILES string of the molecule is Cc1ccccc1C(=O)Cc1ccc2ncccc2c1. The van der Waals surface area contributed by atoms with Gasteiger partial charge in [0, 0.05) is 23.6 Å². The average molecular weight is 261 g/mol. The lowest BCUT2D eigenvalue weighted by Crippen LogP contribution is -2.05. The zero-order valence-electron chi connectivity index (χ0n) is 11.3. The molecule has 0 fully saturated rings. The summed E-state index contributed by atoms with van der Waals surface area (Å²) in [6, 6.07) is 17.6. The third-order valence-electron chi connectivity index (χ3n) is 3.48. The van der Waals surface area contributed by atoms with Gasteiger partial charge in [-0.25, -0.2) is 0 Å². The van der Waals surface area contributed by atoms with E-state index in [9.17, 15) is 4.79 Å². The highest BCUT2D eigenvalue weighted by molar-refractivity contribution is 5.99. The molecule has 98 valence electrons. The first-order chi connectivity index (χ1) is 9.74. The molecule has 2 aromatic carbocycles. The van der Waals surface area contributed by atoms with Gasteiger partial charge in [-0.15, -0.1) is 0 Å². The number of nitrogens with zero attached hydrogens (tertiary/aromatic N) is 1. The van der Waals surface area contributed by atoms with Crippen molar-refractivity contribution in [1.82, 2.24) is 4.98 Å². The van der Waals surface area contributed by atoms with Gasteiger partial charge in [-0.1, -0.05) is 36.4 Å². The molecular weight excluding hydrogens is 246 g/mol. The van der Waals surface area contributed by atoms with Crippen molar-refractivity contribution in [2.75, 3.05) is 0 Å². The maximum absolute atomic E-state index is 12.4. The molecule has 0 radical (unpaired) electrons. The molecule has 0 aliphatic heterocycles. The van der Waals surface area contributed by atoms with Crippen LogP contribution in [0.15, 0.2) is 60.8 Å². The van der Waals surface area contributed by atoms with E-state index < -0.39 is 0 Å². The van der Waals surface area contributed by atoms with Crippen LogP contribution in [-0.4, -0.2) is 10.8 Å². The van der Waals surface area contributed by atoms with Gasteiger partial charge < -0.3 is 0 Å². The zero-order valence-corrected chi connectivity index (χ0v) is 11.3. The topological polar surface area (TPSA) is 30.0 Å². The third kappa shape index (κ3) is 2.45. The van der Waals surface area contributed by atoms with Gasteiger partial charge in [-0.2, -0.15) is 0 Å². The first-order valence-electron chi connectivity index (χ1n) is 6.66. The number of Topliss-reactive ketones (excluding diaryl/α,β-unsaturated/α-hetero) is 1. The molecule has 3 rings (SSSR count). The number of carbonyl (C=O) groups is 1. The Labute approximate surface area is 118 Å². The summed E-state index contributed by atoms with van der Waals surface area (Å²) in [5, 5.41) is 1.07. The van der Waals surface area contributed by atoms with E-state index in [1.165, 1.54) is 0 Å². The Morgan fingerprint density at radius 3 is 2.75 bits per heavy atom. The van der Waals surface area contributed by atoms with Crippen LogP contribution < -0.4 is 0 Å². The maximum Gasteiger partial charge on any atom is 0.167 e. The largest absolute Gasteiger partial charge is 0.294 e. The summed E-state index contributed by atoms with van der Waals surface area (Å²) in [7, 11) is 0. The zero-order chi connectivity index (χ0) is 13.9. The highest BCUT2D eigenvalue weighted by Crippen LogP contribution is 2.16. The smallest absolute Gasteiger partial charge is 0.167 e. The second kappa shape index (κ2) is 5.25. The number of benzene rings is 2. The number of hydrogen-bond donors (Lipinski definition) is 0. The summed E-state index contributed by atoms with van der Waals surface area (Å²) in [4.78, 5) is 16.6. The molecule has 0 atom stereocenters. The molecule has 0 aliphatic carbocycles. The number of aryl methyl sites for hydroxylation is 1. The molecule has 20 heavy (non-hydrogen) atoms. The van der Waals surface area contributed by atoms with Crippen molar-refractivity contribution < 1.29 is 4.79 Å². The minimum absolute atomic E-state index is 0.159. The average Bonchev–Trinajstić information content (AvgIpc) is 2.47. The molecule has 0 spiro atoms. The van der Waals surface area contributed by atoms with Crippen LogP contribution in [0.4, 0.5) is 0 Å². The summed E-state index contributed by atoms with van der Waals surface area (Å²) in [6.07, 6.45) is 2.20. The Balaban J connectivity index is 1.89. The van der Waals surface area contributed by atoms with Gasteiger partial charge in [-0.3, -0.25) is 9.78 Å². The maximum atomic E-state index is 12.4. The molecule has 0 aliphatic rings. The molecular formula is C18H15NO. The van der Waals surface area contributed by atoms with Crippen LogP contribution in [0.1, 0.15) is 21.5 Å². The second-order valence-electron chi connectivity index (χ2n) is 4.95. The Kier molecular flexibility index (Phi) is 3.30. The molecule has 0 bridgehead atoms. The number of aromatic nitrogens is 1. The summed E-state index contributed by atoms with van der Waals surface area (Å²) < 4.78 is 0. The Morgan fingerprint density at radius 2 is 1.90 bits per heavy atom. The quantitative estimate of drug-likeness (QED) is 0.668. The predicted octanol–water partition coefficient (Wildman–Crippen LogP) is 3.97. The van der Waals surface area contributed by atoms with Gasteiger partial charge in [0.25, 0.3) is 0 Å². The number of rotatable bonds is 3. The molecule has 3 aromatic rings. The van der Waals surface area contributed by atoms with Crippen LogP contribution in [-0.2, 0) is 6.42 Å². The fourth-order valence-electron chi connectivity index (χ4n) is 2.40. The Hall–Kier alpha value is -2.48. The van der Waals surface area contributed by atoms with Crippen molar-refractivity contribution in [1.29, 1.82) is 0 Å². The summed E-state index contributed by atoms with van der Waals surface area (Å²) >= 11 is 0. The first-order valence-corrected chi connectivity index (χ1v) is 6.66. The van der Waals surface area contributed by atoms with Gasteiger partial charge >= 0.3 is 0 Å². The van der Waals surface area contributed by atoms with E-state index in [1.54, 1.807) is 6.20 Å². The van der Waals surface area contributed by atoms with E-state index in [-0.39, 0.29) is 5.78 Å². The predicted molar refractivity (Wildman–Crippen MR) is 81.0 cm³/mol. The molecule has 0 saturated heterocycles. The Morgan fingerprint density at radius 1 is 1.05 bits per heavy atom. The van der Waals surface area contributed by atoms with E-state index in [0.717, 1.165) is 27.6 Å². The lowest BCUT2D eigenvalue weighted by atomic mass is 9.98. The minimum Gasteiger partial charge on any atom is -0.294 e. The lowest BCUT2D eigenvalue weighted by molar-refractivity contribution is 0.0992. The molecule has 0 saturated carbocycles. The van der Waals surface area contributed by atoms with Gasteiger partial charge in [0.05, 0.1) is 5.52 Å². The van der Waals surface area contributed by atoms with Crippen molar-refractivity contribution in [3.63, 3.8) is 0 Å². The summed E-state index contributed by atoms with van der Waals surface area (Å²) in [5.41, 5.74) is 3.82. The van der Waals surface area contributed by atoms with Crippen LogP contribution in [0.3, 0.4) is 0 Å². The second-order valence-corrected chi connectivity index (χ2v) is 4.95. The van der Waals surface area contributed by atoms with Crippen molar-refractivity contribution >= 4 is 16.7 Å². The van der Waals surface area contributed by atoms with Gasteiger partial charge in [0.15, 0.2) is 5.78 Å².